The van der Waals surface area contributed by atoms with Gasteiger partial charge in [-0.15, -0.1) is 0 Å². The summed E-state index contributed by atoms with van der Waals surface area (Å²) in [6.45, 7) is 10.7. The van der Waals surface area contributed by atoms with Crippen molar-refractivity contribution in [1.82, 2.24) is 0 Å². The van der Waals surface area contributed by atoms with Crippen LogP contribution >= 0.6 is 0 Å². The second-order valence-electron chi connectivity index (χ2n) is 4.19. The molecule has 0 amide bonds. The van der Waals surface area contributed by atoms with Gasteiger partial charge in [-0.3, -0.25) is 0 Å². The van der Waals surface area contributed by atoms with Gasteiger partial charge in [-0.05, 0) is 38.3 Å². The summed E-state index contributed by atoms with van der Waals surface area (Å²) in [5.41, 5.74) is 7.42. The highest BCUT2D eigenvalue weighted by Gasteiger charge is 2.08. The van der Waals surface area contributed by atoms with E-state index in [1.54, 1.807) is 0 Å². The van der Waals surface area contributed by atoms with Crippen molar-refractivity contribution in [3.8, 4) is 0 Å². The summed E-state index contributed by atoms with van der Waals surface area (Å²) in [5, 5.41) is 0. The van der Waals surface area contributed by atoms with E-state index in [1.807, 2.05) is 13.8 Å². The first-order valence-electron chi connectivity index (χ1n) is 7.42. The molecule has 106 valence electrons. The van der Waals surface area contributed by atoms with Crippen LogP contribution in [0.5, 0.6) is 0 Å². The largest absolute Gasteiger partial charge is 0.333 e. The van der Waals surface area contributed by atoms with E-state index in [1.165, 1.54) is 43.9 Å². The maximum absolute atomic E-state index is 4.50. The summed E-state index contributed by atoms with van der Waals surface area (Å²) in [7, 11) is 1.50. The second-order valence-corrected chi connectivity index (χ2v) is 4.19. The molecular formula is C17H33N. The highest BCUT2D eigenvalue weighted by atomic mass is 14.4. The molecule has 0 heterocycles. The van der Waals surface area contributed by atoms with Gasteiger partial charge in [0, 0.05) is 0 Å². The summed E-state index contributed by atoms with van der Waals surface area (Å²) in [5.74, 6) is 0.782. The minimum absolute atomic E-state index is 0.782. The van der Waals surface area contributed by atoms with Crippen LogP contribution in [0.25, 0.3) is 0 Å². The highest BCUT2D eigenvalue weighted by Crippen LogP contribution is 2.26. The van der Waals surface area contributed by atoms with Crippen LogP contribution in [0.15, 0.2) is 24.3 Å². The van der Waals surface area contributed by atoms with E-state index in [9.17, 15) is 0 Å². The molecule has 0 unspecified atom stereocenters. The third kappa shape index (κ3) is 8.30. The Morgan fingerprint density at radius 3 is 1.89 bits per heavy atom. The molecule has 0 fully saturated rings. The molecule has 0 aliphatic rings. The first kappa shape index (κ1) is 19.5. The molecule has 0 aliphatic heterocycles. The fourth-order valence-corrected chi connectivity index (χ4v) is 2.10. The van der Waals surface area contributed by atoms with Crippen LogP contribution in [0.1, 0.15) is 70.4 Å². The van der Waals surface area contributed by atoms with E-state index in [4.69, 9.17) is 0 Å². The normalized spacial score (nSPS) is 9.11. The van der Waals surface area contributed by atoms with Crippen LogP contribution in [0, 0.1) is 6.92 Å². The van der Waals surface area contributed by atoms with Gasteiger partial charge in [0.15, 0.2) is 0 Å². The van der Waals surface area contributed by atoms with Crippen molar-refractivity contribution in [2.75, 3.05) is 7.05 Å². The minimum Gasteiger partial charge on any atom is -0.333 e. The first-order chi connectivity index (χ1) is 8.77. The molecule has 0 aromatic heterocycles. The lowest BCUT2D eigenvalue weighted by atomic mass is 9.90. The van der Waals surface area contributed by atoms with Gasteiger partial charge in [-0.2, -0.15) is 0 Å². The van der Waals surface area contributed by atoms with Crippen LogP contribution in [0.2, 0.25) is 0 Å². The molecule has 0 atom stereocenters. The lowest BCUT2D eigenvalue weighted by Gasteiger charge is -2.16. The van der Waals surface area contributed by atoms with Crippen LogP contribution in [-0.2, 0) is 0 Å². The van der Waals surface area contributed by atoms with Gasteiger partial charge in [0.1, 0.15) is 0 Å². The average Bonchev–Trinajstić information content (AvgIpc) is 2.43. The summed E-state index contributed by atoms with van der Waals surface area (Å²) < 4.78 is 0. The van der Waals surface area contributed by atoms with Crippen LogP contribution in [0.3, 0.4) is 0 Å². The summed E-state index contributed by atoms with van der Waals surface area (Å²) >= 11 is 0. The SMILES string of the molecule is CC.CCCC(CCC)c1cccc(C)c1.CN. The predicted octanol–water partition coefficient (Wildman–Crippen LogP) is 5.28. The Labute approximate surface area is 115 Å². The van der Waals surface area contributed by atoms with Crippen LogP contribution in [0.4, 0.5) is 0 Å². The van der Waals surface area contributed by atoms with Gasteiger partial charge >= 0.3 is 0 Å². The lowest BCUT2D eigenvalue weighted by molar-refractivity contribution is 0.560. The average molecular weight is 251 g/mol. The van der Waals surface area contributed by atoms with E-state index in [2.05, 4.69) is 50.8 Å². The number of nitrogens with two attached hydrogens (primary N) is 1. The van der Waals surface area contributed by atoms with E-state index in [0.29, 0.717) is 0 Å². The van der Waals surface area contributed by atoms with Crippen molar-refractivity contribution in [3.63, 3.8) is 0 Å². The van der Waals surface area contributed by atoms with Crippen molar-refractivity contribution >= 4 is 0 Å². The van der Waals surface area contributed by atoms with Crippen LogP contribution < -0.4 is 5.73 Å². The standard InChI is InChI=1S/C14H22.C2H6.CH5N/c1-4-7-13(8-5-2)14-10-6-9-12(3)11-14;2*1-2/h6,9-11,13H,4-5,7-8H2,1-3H3;1-2H3;2H2,1H3. The van der Waals surface area contributed by atoms with Crippen molar-refractivity contribution in [3.05, 3.63) is 35.4 Å². The molecule has 0 bridgehead atoms. The maximum atomic E-state index is 4.50. The molecular weight excluding hydrogens is 218 g/mol. The zero-order valence-electron chi connectivity index (χ0n) is 13.3. The zero-order chi connectivity index (χ0) is 14.4. The van der Waals surface area contributed by atoms with E-state index < -0.39 is 0 Å². The number of aryl methyl sites for hydroxylation is 1. The lowest BCUT2D eigenvalue weighted by Crippen LogP contribution is -1.98. The van der Waals surface area contributed by atoms with E-state index >= 15 is 0 Å². The molecule has 1 nitrogen and oxygen atoms in total. The molecule has 1 aromatic carbocycles. The number of benzene rings is 1. The van der Waals surface area contributed by atoms with Gasteiger partial charge < -0.3 is 5.73 Å². The quantitative estimate of drug-likeness (QED) is 0.757. The number of rotatable bonds is 5. The molecule has 0 spiro atoms. The predicted molar refractivity (Wildman–Crippen MR) is 85.2 cm³/mol. The Morgan fingerprint density at radius 2 is 1.50 bits per heavy atom. The third-order valence-electron chi connectivity index (χ3n) is 2.79. The van der Waals surface area contributed by atoms with Crippen molar-refractivity contribution in [2.45, 2.75) is 66.2 Å². The summed E-state index contributed by atoms with van der Waals surface area (Å²) in [6.07, 6.45) is 5.24. The molecule has 1 aromatic rings. The molecule has 0 aliphatic carbocycles. The van der Waals surface area contributed by atoms with Crippen molar-refractivity contribution < 1.29 is 0 Å². The molecule has 1 heteroatoms. The van der Waals surface area contributed by atoms with Gasteiger partial charge in [-0.1, -0.05) is 70.4 Å². The Bertz CT molecular complexity index is 262. The molecule has 18 heavy (non-hydrogen) atoms. The van der Waals surface area contributed by atoms with Crippen molar-refractivity contribution in [1.29, 1.82) is 0 Å². The zero-order valence-corrected chi connectivity index (χ0v) is 13.3. The smallest absolute Gasteiger partial charge is 0.0162 e. The molecule has 0 saturated carbocycles. The van der Waals surface area contributed by atoms with Crippen LogP contribution in [-0.4, -0.2) is 7.05 Å². The number of hydrogen-bond donors (Lipinski definition) is 1. The van der Waals surface area contributed by atoms with Gasteiger partial charge in [0.05, 0.1) is 0 Å². The molecule has 0 radical (unpaired) electrons. The Hall–Kier alpha value is -0.820. The van der Waals surface area contributed by atoms with Gasteiger partial charge in [0.25, 0.3) is 0 Å². The van der Waals surface area contributed by atoms with Gasteiger partial charge in [-0.25, -0.2) is 0 Å². The van der Waals surface area contributed by atoms with E-state index in [0.717, 1.165) is 5.92 Å². The number of hydrogen-bond acceptors (Lipinski definition) is 1. The minimum atomic E-state index is 0.782. The topological polar surface area (TPSA) is 26.0 Å². The molecule has 1 rings (SSSR count). The Balaban J connectivity index is 0. The fourth-order valence-electron chi connectivity index (χ4n) is 2.10. The first-order valence-corrected chi connectivity index (χ1v) is 7.42. The summed E-state index contributed by atoms with van der Waals surface area (Å²) in [4.78, 5) is 0. The molecule has 0 saturated heterocycles. The second kappa shape index (κ2) is 14.2. The van der Waals surface area contributed by atoms with Crippen molar-refractivity contribution in [2.24, 2.45) is 5.73 Å². The van der Waals surface area contributed by atoms with E-state index in [-0.39, 0.29) is 0 Å². The summed E-state index contributed by atoms with van der Waals surface area (Å²) in [6, 6.07) is 8.99. The Morgan fingerprint density at radius 1 is 1.00 bits per heavy atom. The Kier molecular flexibility index (Phi) is 15.4. The van der Waals surface area contributed by atoms with Gasteiger partial charge in [0.2, 0.25) is 0 Å². The monoisotopic (exact) mass is 251 g/mol. The molecule has 2 N–H and O–H groups in total. The third-order valence-corrected chi connectivity index (χ3v) is 2.79. The maximum Gasteiger partial charge on any atom is -0.0162 e. The fraction of sp³-hybridized carbons (Fsp3) is 0.647. The highest BCUT2D eigenvalue weighted by molar-refractivity contribution is 5.25.